The topological polar surface area (TPSA) is 112 Å². The molecule has 0 radical (unpaired) electrons. The summed E-state index contributed by atoms with van der Waals surface area (Å²) in [6.07, 6.45) is 2.47. The Balaban J connectivity index is 1.21. The van der Waals surface area contributed by atoms with E-state index in [1.165, 1.54) is 42.5 Å². The molecule has 0 saturated heterocycles. The minimum atomic E-state index is -3.40. The molecule has 0 bridgehead atoms. The lowest BCUT2D eigenvalue weighted by atomic mass is 9.93. The summed E-state index contributed by atoms with van der Waals surface area (Å²) in [5.41, 5.74) is 4.88. The lowest BCUT2D eigenvalue weighted by Crippen LogP contribution is -2.16. The molecule has 0 amide bonds. The minimum Gasteiger partial charge on any atom is -0.393 e. The van der Waals surface area contributed by atoms with Gasteiger partial charge in [-0.3, -0.25) is 9.59 Å². The van der Waals surface area contributed by atoms with Crippen molar-refractivity contribution in [3.63, 3.8) is 0 Å². The second-order valence-electron chi connectivity index (χ2n) is 13.1. The number of halogens is 2. The highest BCUT2D eigenvalue weighted by molar-refractivity contribution is 7.91. The minimum absolute atomic E-state index is 0.179. The first-order chi connectivity index (χ1) is 24.5. The molecule has 0 spiro atoms. The number of hydrogen-bond acceptors (Lipinski definition) is 7. The Morgan fingerprint density at radius 2 is 1.02 bits per heavy atom. The lowest BCUT2D eigenvalue weighted by molar-refractivity contribution is -0.158. The number of fused-ring (bicyclic) bond motifs is 2. The summed E-state index contributed by atoms with van der Waals surface area (Å²) in [5.74, 6) is -2.41. The molecule has 0 saturated carbocycles. The molecular formula is C41H34F2O7S2. The number of carbonyl (C=O) groups excluding carboxylic acids is 2. The maximum absolute atomic E-state index is 14.3. The van der Waals surface area contributed by atoms with Gasteiger partial charge in [-0.25, -0.2) is 25.6 Å². The van der Waals surface area contributed by atoms with E-state index in [1.807, 2.05) is 0 Å². The first kappa shape index (κ1) is 36.5. The lowest BCUT2D eigenvalue weighted by Gasteiger charge is -2.13. The molecule has 0 aliphatic carbocycles. The predicted molar refractivity (Wildman–Crippen MR) is 196 cm³/mol. The van der Waals surface area contributed by atoms with Crippen LogP contribution in [-0.2, 0) is 59.7 Å². The van der Waals surface area contributed by atoms with Gasteiger partial charge in [-0.15, -0.1) is 0 Å². The zero-order valence-corrected chi connectivity index (χ0v) is 30.2. The van der Waals surface area contributed by atoms with Crippen LogP contribution in [0.15, 0.2) is 113 Å². The van der Waals surface area contributed by atoms with E-state index in [2.05, 4.69) is 0 Å². The Morgan fingerprint density at radius 1 is 0.538 bits per heavy atom. The average Bonchev–Trinajstić information content (AvgIpc) is 3.05. The van der Waals surface area contributed by atoms with Gasteiger partial charge in [0.1, 0.15) is 11.6 Å². The third-order valence-corrected chi connectivity index (χ3v) is 11.2. The van der Waals surface area contributed by atoms with Crippen molar-refractivity contribution in [1.82, 2.24) is 0 Å². The third kappa shape index (κ3) is 8.60. The molecule has 11 heteroatoms. The smallest absolute Gasteiger partial charge is 0.317 e. The molecule has 6 aromatic carbocycles. The fourth-order valence-electron chi connectivity index (χ4n) is 6.36. The van der Waals surface area contributed by atoms with Crippen LogP contribution in [0, 0.1) is 18.6 Å². The second kappa shape index (κ2) is 14.4. The van der Waals surface area contributed by atoms with E-state index in [4.69, 9.17) is 4.74 Å². The van der Waals surface area contributed by atoms with E-state index in [0.717, 1.165) is 29.2 Å². The summed E-state index contributed by atoms with van der Waals surface area (Å²) >= 11 is 0. The number of carbonyl (C=O) groups is 2. The zero-order chi connectivity index (χ0) is 37.4. The van der Waals surface area contributed by atoms with Gasteiger partial charge < -0.3 is 4.74 Å². The summed E-state index contributed by atoms with van der Waals surface area (Å²) in [4.78, 5) is 26.5. The van der Waals surface area contributed by atoms with Crippen molar-refractivity contribution in [2.45, 2.75) is 42.4 Å². The van der Waals surface area contributed by atoms with Crippen molar-refractivity contribution in [2.75, 3.05) is 12.5 Å². The molecule has 0 unspecified atom stereocenters. The third-order valence-electron chi connectivity index (χ3n) is 8.92. The molecule has 7 nitrogen and oxygen atoms in total. The molecule has 0 atom stereocenters. The van der Waals surface area contributed by atoms with Crippen molar-refractivity contribution in [3.8, 4) is 0 Å². The monoisotopic (exact) mass is 740 g/mol. The number of rotatable bonds is 10. The fourth-order valence-corrected chi connectivity index (χ4v) is 7.69. The normalized spacial score (nSPS) is 11.9. The SMILES string of the molecule is Cc1cc(S(C)(=O)=O)ccc1Cc1cc(CC(=O)OC(=O)Cc2cc(Cc3ccc(S(C)(=O)=O)cc3)c3cc(F)ccc3c2)cc2ccc(F)cc12. The van der Waals surface area contributed by atoms with Crippen LogP contribution in [0.3, 0.4) is 0 Å². The number of esters is 2. The quantitative estimate of drug-likeness (QED) is 0.106. The highest BCUT2D eigenvalue weighted by Crippen LogP contribution is 2.28. The van der Waals surface area contributed by atoms with E-state index < -0.39 is 43.2 Å². The molecule has 0 heterocycles. The Kier molecular flexibility index (Phi) is 10.1. The number of aryl methyl sites for hydroxylation is 1. The van der Waals surface area contributed by atoms with Gasteiger partial charge in [0, 0.05) is 12.5 Å². The van der Waals surface area contributed by atoms with Crippen LogP contribution in [0.2, 0.25) is 0 Å². The van der Waals surface area contributed by atoms with E-state index in [1.54, 1.807) is 67.6 Å². The summed E-state index contributed by atoms with van der Waals surface area (Å²) in [6.45, 7) is 1.80. The molecule has 0 aliphatic rings. The number of sulfone groups is 2. The maximum atomic E-state index is 14.3. The van der Waals surface area contributed by atoms with Crippen LogP contribution in [0.25, 0.3) is 21.5 Å². The highest BCUT2D eigenvalue weighted by atomic mass is 32.2. The molecule has 52 heavy (non-hydrogen) atoms. The van der Waals surface area contributed by atoms with Crippen molar-refractivity contribution in [3.05, 3.63) is 154 Å². The zero-order valence-electron chi connectivity index (χ0n) is 28.6. The van der Waals surface area contributed by atoms with Gasteiger partial charge in [0.2, 0.25) is 0 Å². The van der Waals surface area contributed by atoms with Crippen molar-refractivity contribution in [2.24, 2.45) is 0 Å². The van der Waals surface area contributed by atoms with Gasteiger partial charge in [0.15, 0.2) is 19.7 Å². The van der Waals surface area contributed by atoms with Crippen molar-refractivity contribution < 1.29 is 39.9 Å². The summed E-state index contributed by atoms with van der Waals surface area (Å²) < 4.78 is 81.7. The van der Waals surface area contributed by atoms with Gasteiger partial charge in [-0.2, -0.15) is 0 Å². The van der Waals surface area contributed by atoms with Crippen LogP contribution in [0.4, 0.5) is 8.78 Å². The van der Waals surface area contributed by atoms with Gasteiger partial charge in [-0.05, 0) is 129 Å². The van der Waals surface area contributed by atoms with Gasteiger partial charge in [0.05, 0.1) is 22.6 Å². The van der Waals surface area contributed by atoms with Crippen LogP contribution in [0.1, 0.15) is 38.9 Å². The van der Waals surface area contributed by atoms with Crippen LogP contribution < -0.4 is 0 Å². The summed E-state index contributed by atoms with van der Waals surface area (Å²) in [5, 5.41) is 2.64. The predicted octanol–water partition coefficient (Wildman–Crippen LogP) is 7.42. The number of ether oxygens (including phenoxy) is 1. The average molecular weight is 741 g/mol. The Hall–Kier alpha value is -5.26. The Bertz CT molecular complexity index is 2620. The number of benzene rings is 6. The molecular weight excluding hydrogens is 707 g/mol. The molecule has 0 aliphatic heterocycles. The Labute approximate surface area is 300 Å². The molecule has 6 aromatic rings. The van der Waals surface area contributed by atoms with E-state index in [-0.39, 0.29) is 22.6 Å². The van der Waals surface area contributed by atoms with Crippen LogP contribution in [0.5, 0.6) is 0 Å². The first-order valence-electron chi connectivity index (χ1n) is 16.3. The largest absolute Gasteiger partial charge is 0.393 e. The molecule has 6 rings (SSSR count). The molecule has 0 N–H and O–H groups in total. The van der Waals surface area contributed by atoms with Gasteiger partial charge in [-0.1, -0.05) is 54.6 Å². The van der Waals surface area contributed by atoms with E-state index in [9.17, 15) is 35.2 Å². The van der Waals surface area contributed by atoms with Crippen molar-refractivity contribution >= 4 is 53.2 Å². The first-order valence-corrected chi connectivity index (χ1v) is 20.0. The maximum Gasteiger partial charge on any atom is 0.317 e. The van der Waals surface area contributed by atoms with Crippen LogP contribution >= 0.6 is 0 Å². The second-order valence-corrected chi connectivity index (χ2v) is 17.1. The van der Waals surface area contributed by atoms with Crippen LogP contribution in [-0.4, -0.2) is 41.3 Å². The standard InChI is InChI=1S/C41H34F2O7S2/c1-25-14-37(52(3,48)49)13-8-29(25)22-33-19-28(17-31-7-10-35(43)24-39(31)33)21-41(45)50-40(44)20-27-16-30-6-9-34(42)23-38(30)32(18-27)15-26-4-11-36(12-5-26)51(2,46)47/h4-14,16-19,23-24H,15,20-22H2,1-3H3. The summed E-state index contributed by atoms with van der Waals surface area (Å²) in [6, 6.07) is 26.9. The van der Waals surface area contributed by atoms with Crippen molar-refractivity contribution in [1.29, 1.82) is 0 Å². The molecule has 0 aromatic heterocycles. The highest BCUT2D eigenvalue weighted by Gasteiger charge is 2.17. The van der Waals surface area contributed by atoms with Gasteiger partial charge >= 0.3 is 11.9 Å². The summed E-state index contributed by atoms with van der Waals surface area (Å²) in [7, 11) is -6.77. The Morgan fingerprint density at radius 3 is 1.50 bits per heavy atom. The molecule has 266 valence electrons. The number of hydrogen-bond donors (Lipinski definition) is 0. The van der Waals surface area contributed by atoms with E-state index in [0.29, 0.717) is 56.6 Å². The fraction of sp³-hybridized carbons (Fsp3) is 0.171. The van der Waals surface area contributed by atoms with E-state index >= 15 is 0 Å². The van der Waals surface area contributed by atoms with Gasteiger partial charge in [0.25, 0.3) is 0 Å². The molecule has 0 fully saturated rings.